The summed E-state index contributed by atoms with van der Waals surface area (Å²) in [6.07, 6.45) is 1.65. The van der Waals surface area contributed by atoms with E-state index in [0.29, 0.717) is 11.3 Å². The number of hydrogen-bond acceptors (Lipinski definition) is 2. The third-order valence-electron chi connectivity index (χ3n) is 4.08. The van der Waals surface area contributed by atoms with Gasteiger partial charge in [0.1, 0.15) is 5.70 Å². The van der Waals surface area contributed by atoms with Crippen molar-refractivity contribution in [1.29, 1.82) is 0 Å². The molecule has 2 N–H and O–H groups in total. The van der Waals surface area contributed by atoms with Gasteiger partial charge in [-0.2, -0.15) is 0 Å². The first-order valence-corrected chi connectivity index (χ1v) is 9.53. The van der Waals surface area contributed by atoms with Gasteiger partial charge in [-0.25, -0.2) is 0 Å². The van der Waals surface area contributed by atoms with Crippen LogP contribution in [0.2, 0.25) is 0 Å². The van der Waals surface area contributed by atoms with E-state index in [1.807, 2.05) is 61.5 Å². The summed E-state index contributed by atoms with van der Waals surface area (Å²) in [5.41, 5.74) is 3.06. The van der Waals surface area contributed by atoms with Crippen molar-refractivity contribution in [1.82, 2.24) is 5.32 Å². The molecule has 3 rings (SSSR count). The van der Waals surface area contributed by atoms with Gasteiger partial charge in [-0.05, 0) is 54.5 Å². The van der Waals surface area contributed by atoms with E-state index in [1.165, 1.54) is 0 Å². The molecule has 0 saturated heterocycles. The maximum atomic E-state index is 12.9. The molecule has 3 aromatic rings. The van der Waals surface area contributed by atoms with Gasteiger partial charge in [-0.15, -0.1) is 0 Å². The van der Waals surface area contributed by atoms with Crippen molar-refractivity contribution in [3.8, 4) is 0 Å². The number of para-hydroxylation sites is 1. The Labute approximate surface area is 172 Å². The predicted octanol–water partition coefficient (Wildman–Crippen LogP) is 5.17. The van der Waals surface area contributed by atoms with Crippen molar-refractivity contribution in [2.45, 2.75) is 6.92 Å². The first-order valence-electron chi connectivity index (χ1n) is 8.73. The molecule has 0 aliphatic rings. The van der Waals surface area contributed by atoms with Crippen molar-refractivity contribution in [3.63, 3.8) is 0 Å². The van der Waals surface area contributed by atoms with Crippen LogP contribution in [0.5, 0.6) is 0 Å². The number of aryl methyl sites for hydroxylation is 1. The Morgan fingerprint density at radius 2 is 1.61 bits per heavy atom. The molecule has 3 aromatic carbocycles. The minimum atomic E-state index is -0.390. The summed E-state index contributed by atoms with van der Waals surface area (Å²) in [4.78, 5) is 25.5. The minimum Gasteiger partial charge on any atom is -0.320 e. The number of anilines is 1. The fraction of sp³-hybridized carbons (Fsp3) is 0.0435. The van der Waals surface area contributed by atoms with E-state index in [-0.39, 0.29) is 11.6 Å². The average Bonchev–Trinajstić information content (AvgIpc) is 2.70. The molecule has 140 valence electrons. The van der Waals surface area contributed by atoms with Crippen LogP contribution >= 0.6 is 15.9 Å². The quantitative estimate of drug-likeness (QED) is 0.544. The second kappa shape index (κ2) is 9.15. The van der Waals surface area contributed by atoms with Crippen LogP contribution in [-0.4, -0.2) is 11.8 Å². The summed E-state index contributed by atoms with van der Waals surface area (Å²) in [6.45, 7) is 1.91. The van der Waals surface area contributed by atoms with E-state index >= 15 is 0 Å². The number of nitrogens with one attached hydrogen (secondary N) is 2. The van der Waals surface area contributed by atoms with Crippen LogP contribution in [0.25, 0.3) is 6.08 Å². The van der Waals surface area contributed by atoms with Gasteiger partial charge in [0.25, 0.3) is 11.8 Å². The maximum Gasteiger partial charge on any atom is 0.272 e. The van der Waals surface area contributed by atoms with Gasteiger partial charge >= 0.3 is 0 Å². The van der Waals surface area contributed by atoms with Crippen LogP contribution in [0.15, 0.2) is 89.0 Å². The topological polar surface area (TPSA) is 58.2 Å². The smallest absolute Gasteiger partial charge is 0.272 e. The van der Waals surface area contributed by atoms with Gasteiger partial charge in [0, 0.05) is 15.7 Å². The summed E-state index contributed by atoms with van der Waals surface area (Å²) in [5.74, 6) is -0.736. The molecule has 0 heterocycles. The first kappa shape index (κ1) is 19.6. The van der Waals surface area contributed by atoms with Gasteiger partial charge < -0.3 is 10.6 Å². The fourth-order valence-corrected chi connectivity index (χ4v) is 3.03. The van der Waals surface area contributed by atoms with Gasteiger partial charge in [-0.3, -0.25) is 9.59 Å². The summed E-state index contributed by atoms with van der Waals surface area (Å²) in [6, 6.07) is 23.8. The Balaban J connectivity index is 1.90. The molecule has 0 saturated carbocycles. The Bertz CT molecular complexity index is 1030. The van der Waals surface area contributed by atoms with Crippen LogP contribution in [-0.2, 0) is 4.79 Å². The van der Waals surface area contributed by atoms with E-state index in [1.54, 1.807) is 30.3 Å². The van der Waals surface area contributed by atoms with Gasteiger partial charge in [-0.1, -0.05) is 64.5 Å². The second-order valence-electron chi connectivity index (χ2n) is 6.20. The molecule has 0 spiro atoms. The Hall–Kier alpha value is -3.18. The molecule has 5 heteroatoms. The second-order valence-corrected chi connectivity index (χ2v) is 7.12. The summed E-state index contributed by atoms with van der Waals surface area (Å²) >= 11 is 3.42. The highest BCUT2D eigenvalue weighted by molar-refractivity contribution is 9.10. The number of hydrogen-bond donors (Lipinski definition) is 2. The van der Waals surface area contributed by atoms with Crippen molar-refractivity contribution in [2.75, 3.05) is 5.32 Å². The minimum absolute atomic E-state index is 0.162. The van der Waals surface area contributed by atoms with Crippen LogP contribution in [0.4, 0.5) is 5.69 Å². The zero-order valence-corrected chi connectivity index (χ0v) is 16.9. The van der Waals surface area contributed by atoms with Crippen molar-refractivity contribution in [2.24, 2.45) is 0 Å². The molecular formula is C23H19BrN2O2. The summed E-state index contributed by atoms with van der Waals surface area (Å²) in [7, 11) is 0. The molecule has 0 bridgehead atoms. The SMILES string of the molecule is Cc1ccccc1NC(=O)C(=Cc1cccc(Br)c1)NC(=O)c1ccccc1. The van der Waals surface area contributed by atoms with Gasteiger partial charge in [0.2, 0.25) is 0 Å². The van der Waals surface area contributed by atoms with E-state index in [2.05, 4.69) is 26.6 Å². The zero-order valence-electron chi connectivity index (χ0n) is 15.3. The van der Waals surface area contributed by atoms with E-state index in [4.69, 9.17) is 0 Å². The lowest BCUT2D eigenvalue weighted by Crippen LogP contribution is -2.30. The van der Waals surface area contributed by atoms with Crippen molar-refractivity contribution in [3.05, 3.63) is 106 Å². The molecule has 0 atom stereocenters. The van der Waals surface area contributed by atoms with Crippen LogP contribution in [0, 0.1) is 6.92 Å². The third kappa shape index (κ3) is 5.18. The van der Waals surface area contributed by atoms with Gasteiger partial charge in [0.05, 0.1) is 0 Å². The zero-order chi connectivity index (χ0) is 19.9. The molecule has 0 fully saturated rings. The lowest BCUT2D eigenvalue weighted by Gasteiger charge is -2.13. The molecule has 0 aromatic heterocycles. The molecule has 0 aliphatic carbocycles. The van der Waals surface area contributed by atoms with E-state index in [9.17, 15) is 9.59 Å². The Kier molecular flexibility index (Phi) is 6.40. The normalized spacial score (nSPS) is 11.0. The standard InChI is InChI=1S/C23H19BrN2O2/c1-16-8-5-6-13-20(16)25-23(28)21(15-17-9-7-12-19(24)14-17)26-22(27)18-10-3-2-4-11-18/h2-15H,1H3,(H,25,28)(H,26,27). The molecule has 0 radical (unpaired) electrons. The molecule has 28 heavy (non-hydrogen) atoms. The Morgan fingerprint density at radius 3 is 2.32 bits per heavy atom. The van der Waals surface area contributed by atoms with E-state index < -0.39 is 5.91 Å². The summed E-state index contributed by atoms with van der Waals surface area (Å²) in [5, 5.41) is 5.60. The molecule has 4 nitrogen and oxygen atoms in total. The highest BCUT2D eigenvalue weighted by Crippen LogP contribution is 2.17. The monoisotopic (exact) mass is 434 g/mol. The Morgan fingerprint density at radius 1 is 0.893 bits per heavy atom. The van der Waals surface area contributed by atoms with Gasteiger partial charge in [0.15, 0.2) is 0 Å². The third-order valence-corrected chi connectivity index (χ3v) is 4.57. The summed E-state index contributed by atoms with van der Waals surface area (Å²) < 4.78 is 0.884. The highest BCUT2D eigenvalue weighted by Gasteiger charge is 2.15. The van der Waals surface area contributed by atoms with Crippen LogP contribution in [0.3, 0.4) is 0 Å². The number of carbonyl (C=O) groups excluding carboxylic acids is 2. The van der Waals surface area contributed by atoms with Crippen molar-refractivity contribution < 1.29 is 9.59 Å². The maximum absolute atomic E-state index is 12.9. The predicted molar refractivity (Wildman–Crippen MR) is 116 cm³/mol. The first-order chi connectivity index (χ1) is 13.5. The molecule has 0 unspecified atom stereocenters. The number of amides is 2. The van der Waals surface area contributed by atoms with Crippen LogP contribution < -0.4 is 10.6 Å². The fourth-order valence-electron chi connectivity index (χ4n) is 2.61. The number of carbonyl (C=O) groups is 2. The van der Waals surface area contributed by atoms with Crippen LogP contribution in [0.1, 0.15) is 21.5 Å². The largest absolute Gasteiger partial charge is 0.320 e. The number of rotatable bonds is 5. The average molecular weight is 435 g/mol. The van der Waals surface area contributed by atoms with E-state index in [0.717, 1.165) is 15.6 Å². The molecule has 0 aliphatic heterocycles. The lowest BCUT2D eigenvalue weighted by molar-refractivity contribution is -0.113. The highest BCUT2D eigenvalue weighted by atomic mass is 79.9. The number of benzene rings is 3. The lowest BCUT2D eigenvalue weighted by atomic mass is 10.1. The number of halogens is 1. The molecular weight excluding hydrogens is 416 g/mol. The van der Waals surface area contributed by atoms with Crippen molar-refractivity contribution >= 4 is 39.5 Å². The molecule has 2 amide bonds.